The van der Waals surface area contributed by atoms with E-state index in [1.807, 2.05) is 29.2 Å². The number of carbonyl (C=O) groups is 1. The van der Waals surface area contributed by atoms with E-state index in [1.54, 1.807) is 7.11 Å². The van der Waals surface area contributed by atoms with Gasteiger partial charge in [-0.05, 0) is 55.6 Å². The lowest BCUT2D eigenvalue weighted by atomic mass is 10.0. The van der Waals surface area contributed by atoms with Gasteiger partial charge in [-0.1, -0.05) is 12.1 Å². The molecule has 3 N–H and O–H groups in total. The van der Waals surface area contributed by atoms with Crippen molar-refractivity contribution in [2.24, 2.45) is 5.73 Å². The highest BCUT2D eigenvalue weighted by atomic mass is 32.1. The molecule has 1 saturated heterocycles. The Labute approximate surface area is 136 Å². The maximum Gasteiger partial charge on any atom is 0.240 e. The molecule has 2 rings (SSSR count). The fourth-order valence-electron chi connectivity index (χ4n) is 2.68. The summed E-state index contributed by atoms with van der Waals surface area (Å²) in [6.45, 7) is 1.52. The van der Waals surface area contributed by atoms with Gasteiger partial charge in [0, 0.05) is 13.1 Å². The van der Waals surface area contributed by atoms with Gasteiger partial charge in [0.25, 0.3) is 0 Å². The summed E-state index contributed by atoms with van der Waals surface area (Å²) in [5.74, 6) is 0.559. The van der Waals surface area contributed by atoms with Crippen molar-refractivity contribution in [1.82, 2.24) is 10.2 Å². The number of nitrogens with two attached hydrogens (primary N) is 1. The number of hydrogen-bond donors (Lipinski definition) is 2. The highest BCUT2D eigenvalue weighted by molar-refractivity contribution is 7.80. The Morgan fingerprint density at radius 2 is 2.14 bits per heavy atom. The number of hydrogen-bond acceptors (Lipinski definition) is 3. The Morgan fingerprint density at radius 1 is 1.41 bits per heavy atom. The lowest BCUT2D eigenvalue weighted by Crippen LogP contribution is -2.53. The molecular formula is C16H23N3O2S. The van der Waals surface area contributed by atoms with E-state index in [-0.39, 0.29) is 11.9 Å². The Balaban J connectivity index is 1.82. The van der Waals surface area contributed by atoms with E-state index in [9.17, 15) is 4.79 Å². The smallest absolute Gasteiger partial charge is 0.240 e. The molecule has 0 spiro atoms. The van der Waals surface area contributed by atoms with Gasteiger partial charge in [0.1, 0.15) is 11.8 Å². The number of piperidine rings is 1. The van der Waals surface area contributed by atoms with Gasteiger partial charge in [-0.25, -0.2) is 0 Å². The van der Waals surface area contributed by atoms with Gasteiger partial charge in [0.2, 0.25) is 5.91 Å². The van der Waals surface area contributed by atoms with Crippen LogP contribution in [-0.2, 0) is 11.2 Å². The molecule has 0 aliphatic carbocycles. The summed E-state index contributed by atoms with van der Waals surface area (Å²) in [6.07, 6.45) is 3.72. The van der Waals surface area contributed by atoms with E-state index in [2.05, 4.69) is 5.32 Å². The zero-order chi connectivity index (χ0) is 15.9. The first-order valence-electron chi connectivity index (χ1n) is 7.58. The highest BCUT2D eigenvalue weighted by Crippen LogP contribution is 2.17. The average molecular weight is 321 g/mol. The Bertz CT molecular complexity index is 519. The fraction of sp³-hybridized carbons (Fsp3) is 0.500. The molecule has 120 valence electrons. The van der Waals surface area contributed by atoms with Crippen LogP contribution in [-0.4, -0.2) is 42.2 Å². The monoisotopic (exact) mass is 321 g/mol. The molecule has 6 heteroatoms. The fourth-order valence-corrected chi connectivity index (χ4v) is 3.00. The summed E-state index contributed by atoms with van der Waals surface area (Å²) in [7, 11) is 1.66. The first kappa shape index (κ1) is 16.5. The lowest BCUT2D eigenvalue weighted by Gasteiger charge is -2.35. The van der Waals surface area contributed by atoms with Crippen molar-refractivity contribution >= 4 is 23.2 Å². The number of ether oxygens (including phenoxy) is 1. The predicted molar refractivity (Wildman–Crippen MR) is 90.8 cm³/mol. The van der Waals surface area contributed by atoms with Crippen molar-refractivity contribution in [2.75, 3.05) is 20.2 Å². The normalized spacial score (nSPS) is 17.9. The molecule has 1 fully saturated rings. The summed E-state index contributed by atoms with van der Waals surface area (Å²) in [5.41, 5.74) is 6.67. The van der Waals surface area contributed by atoms with Crippen molar-refractivity contribution < 1.29 is 9.53 Å². The molecule has 1 aliphatic rings. The molecule has 1 aliphatic heterocycles. The number of primary amides is 1. The number of nitrogens with one attached hydrogen (secondary N) is 1. The average Bonchev–Trinajstić information content (AvgIpc) is 2.55. The van der Waals surface area contributed by atoms with Crippen LogP contribution in [0, 0.1) is 0 Å². The quantitative estimate of drug-likeness (QED) is 0.804. The van der Waals surface area contributed by atoms with Crippen molar-refractivity contribution in [2.45, 2.75) is 31.7 Å². The van der Waals surface area contributed by atoms with Crippen molar-refractivity contribution in [3.05, 3.63) is 29.8 Å². The van der Waals surface area contributed by atoms with E-state index in [4.69, 9.17) is 22.7 Å². The largest absolute Gasteiger partial charge is 0.497 e. The van der Waals surface area contributed by atoms with E-state index in [1.165, 1.54) is 5.56 Å². The summed E-state index contributed by atoms with van der Waals surface area (Å²) < 4.78 is 5.14. The zero-order valence-corrected chi connectivity index (χ0v) is 13.7. The molecule has 1 atom stereocenters. The summed E-state index contributed by atoms with van der Waals surface area (Å²) in [6, 6.07) is 7.70. The maximum absolute atomic E-state index is 11.5. The van der Waals surface area contributed by atoms with Gasteiger partial charge < -0.3 is 20.7 Å². The molecule has 1 amide bonds. The number of benzene rings is 1. The van der Waals surface area contributed by atoms with E-state index in [0.29, 0.717) is 5.11 Å². The standard InChI is InChI=1S/C16H23N3O2S/c1-21-13-7-5-12(6-8-13)9-10-18-16(22)19-11-3-2-4-14(19)15(17)20/h5-8,14H,2-4,9-11H2,1H3,(H2,17,20)(H,18,22). The Kier molecular flexibility index (Phi) is 6.00. The number of thiocarbonyl (C=S) groups is 1. The second-order valence-electron chi connectivity index (χ2n) is 5.44. The van der Waals surface area contributed by atoms with Gasteiger partial charge >= 0.3 is 0 Å². The molecule has 5 nitrogen and oxygen atoms in total. The van der Waals surface area contributed by atoms with Crippen LogP contribution < -0.4 is 15.8 Å². The maximum atomic E-state index is 11.5. The molecule has 0 saturated carbocycles. The van der Waals surface area contributed by atoms with Gasteiger partial charge in [0.15, 0.2) is 5.11 Å². The lowest BCUT2D eigenvalue weighted by molar-refractivity contribution is -0.122. The Hall–Kier alpha value is -1.82. The first-order chi connectivity index (χ1) is 10.6. The van der Waals surface area contributed by atoms with Crippen LogP contribution in [0.3, 0.4) is 0 Å². The third-order valence-corrected chi connectivity index (χ3v) is 4.32. The first-order valence-corrected chi connectivity index (χ1v) is 7.99. The van der Waals surface area contributed by atoms with Gasteiger partial charge in [0.05, 0.1) is 7.11 Å². The van der Waals surface area contributed by atoms with E-state index in [0.717, 1.165) is 44.5 Å². The van der Waals surface area contributed by atoms with Gasteiger partial charge in [-0.15, -0.1) is 0 Å². The van der Waals surface area contributed by atoms with E-state index >= 15 is 0 Å². The van der Waals surface area contributed by atoms with Gasteiger partial charge in [-0.3, -0.25) is 4.79 Å². The minimum Gasteiger partial charge on any atom is -0.497 e. The SMILES string of the molecule is COc1ccc(CCNC(=S)N2CCCCC2C(N)=O)cc1. The van der Waals surface area contributed by atoms with Crippen LogP contribution >= 0.6 is 12.2 Å². The molecule has 1 aromatic rings. The highest BCUT2D eigenvalue weighted by Gasteiger charge is 2.28. The number of likely N-dealkylation sites (tertiary alicyclic amines) is 1. The number of nitrogens with zero attached hydrogens (tertiary/aromatic N) is 1. The molecule has 1 unspecified atom stereocenters. The summed E-state index contributed by atoms with van der Waals surface area (Å²) >= 11 is 5.41. The van der Waals surface area contributed by atoms with Crippen LogP contribution in [0.5, 0.6) is 5.75 Å². The predicted octanol–water partition coefficient (Wildman–Crippen LogP) is 1.45. The molecule has 0 aromatic heterocycles. The van der Waals surface area contributed by atoms with Crippen LogP contribution in [0.2, 0.25) is 0 Å². The summed E-state index contributed by atoms with van der Waals surface area (Å²) in [5, 5.41) is 3.85. The van der Waals surface area contributed by atoms with Gasteiger partial charge in [-0.2, -0.15) is 0 Å². The van der Waals surface area contributed by atoms with Crippen LogP contribution in [0.4, 0.5) is 0 Å². The minimum absolute atomic E-state index is 0.269. The molecule has 1 heterocycles. The van der Waals surface area contributed by atoms with Crippen molar-refractivity contribution in [3.63, 3.8) is 0 Å². The molecule has 0 bridgehead atoms. The number of amides is 1. The number of rotatable bonds is 5. The van der Waals surface area contributed by atoms with Crippen LogP contribution in [0.1, 0.15) is 24.8 Å². The molecule has 22 heavy (non-hydrogen) atoms. The van der Waals surface area contributed by atoms with Crippen LogP contribution in [0.15, 0.2) is 24.3 Å². The van der Waals surface area contributed by atoms with Crippen molar-refractivity contribution in [3.8, 4) is 5.75 Å². The second kappa shape index (κ2) is 7.98. The van der Waals surface area contributed by atoms with Crippen molar-refractivity contribution in [1.29, 1.82) is 0 Å². The Morgan fingerprint density at radius 3 is 2.77 bits per heavy atom. The number of methoxy groups -OCH3 is 1. The third kappa shape index (κ3) is 4.34. The topological polar surface area (TPSA) is 67.6 Å². The second-order valence-corrected chi connectivity index (χ2v) is 5.82. The molecular weight excluding hydrogens is 298 g/mol. The zero-order valence-electron chi connectivity index (χ0n) is 12.9. The molecule has 0 radical (unpaired) electrons. The minimum atomic E-state index is -0.293. The third-order valence-electron chi connectivity index (χ3n) is 3.94. The van der Waals surface area contributed by atoms with E-state index < -0.39 is 0 Å². The van der Waals surface area contributed by atoms with Crippen LogP contribution in [0.25, 0.3) is 0 Å². The molecule has 1 aromatic carbocycles. The number of carbonyl (C=O) groups excluding carboxylic acids is 1. The summed E-state index contributed by atoms with van der Waals surface area (Å²) in [4.78, 5) is 13.4.